The molecule has 7 heteroatoms. The molecule has 3 aromatic rings. The Labute approximate surface area is 223 Å². The molecule has 37 heavy (non-hydrogen) atoms. The van der Waals surface area contributed by atoms with Gasteiger partial charge in [0.15, 0.2) is 0 Å². The summed E-state index contributed by atoms with van der Waals surface area (Å²) >= 11 is 6.58. The summed E-state index contributed by atoms with van der Waals surface area (Å²) < 4.78 is 0. The maximum Gasteiger partial charge on any atom is 0.245 e. The maximum atomic E-state index is 12.1. The van der Waals surface area contributed by atoms with Crippen LogP contribution in [0.2, 0.25) is 5.02 Å². The minimum atomic E-state index is -0.00427. The van der Waals surface area contributed by atoms with Gasteiger partial charge in [0.05, 0.1) is 16.7 Å². The van der Waals surface area contributed by atoms with Crippen molar-refractivity contribution < 1.29 is 4.79 Å². The van der Waals surface area contributed by atoms with E-state index in [9.17, 15) is 4.79 Å². The number of rotatable bonds is 6. The largest absolute Gasteiger partial charge is 0.345 e. The third kappa shape index (κ3) is 4.37. The third-order valence-electron chi connectivity index (χ3n) is 7.85. The molecule has 6 nitrogen and oxygen atoms in total. The SMILES string of the molecule is C=CC(=O)N1CC(C(C)N2C=CC(c3c(C)ccnc3C(C)C)C=C2c2c(C)cc(Cl)c3[nH]ncc23)C1. The number of allylic oxidation sites excluding steroid dienone is 2. The van der Waals surface area contributed by atoms with E-state index in [-0.39, 0.29) is 17.9 Å². The Bertz CT molecular complexity index is 1430. The van der Waals surface area contributed by atoms with E-state index in [1.54, 1.807) is 0 Å². The first kappa shape index (κ1) is 25.3. The van der Waals surface area contributed by atoms with Crippen molar-refractivity contribution in [2.75, 3.05) is 13.1 Å². The van der Waals surface area contributed by atoms with Gasteiger partial charge in [-0.15, -0.1) is 0 Å². The Morgan fingerprint density at radius 2 is 2.00 bits per heavy atom. The van der Waals surface area contributed by atoms with Crippen molar-refractivity contribution in [3.8, 4) is 0 Å². The van der Waals surface area contributed by atoms with Crippen LogP contribution in [0.4, 0.5) is 0 Å². The molecule has 1 aromatic carbocycles. The zero-order valence-corrected chi connectivity index (χ0v) is 22.9. The van der Waals surface area contributed by atoms with E-state index < -0.39 is 0 Å². The molecule has 1 N–H and O–H groups in total. The molecule has 2 aliphatic heterocycles. The van der Waals surface area contributed by atoms with Crippen LogP contribution in [-0.2, 0) is 4.79 Å². The maximum absolute atomic E-state index is 12.1. The van der Waals surface area contributed by atoms with Gasteiger partial charge in [0, 0.05) is 65.7 Å². The number of hydrogen-bond donors (Lipinski definition) is 1. The second kappa shape index (κ2) is 9.82. The summed E-state index contributed by atoms with van der Waals surface area (Å²) in [6, 6.07) is 4.30. The minimum Gasteiger partial charge on any atom is -0.345 e. The molecule has 2 aromatic heterocycles. The summed E-state index contributed by atoms with van der Waals surface area (Å²) in [5, 5.41) is 9.07. The van der Waals surface area contributed by atoms with Crippen LogP contribution >= 0.6 is 11.6 Å². The van der Waals surface area contributed by atoms with E-state index in [0.717, 1.165) is 46.5 Å². The molecule has 0 saturated carbocycles. The van der Waals surface area contributed by atoms with Crippen LogP contribution in [0.15, 0.2) is 55.5 Å². The fourth-order valence-corrected chi connectivity index (χ4v) is 6.02. The number of carbonyl (C=O) groups excluding carboxylic acids is 1. The lowest BCUT2D eigenvalue weighted by molar-refractivity contribution is -0.133. The lowest BCUT2D eigenvalue weighted by atomic mass is 9.84. The molecule has 4 heterocycles. The Balaban J connectivity index is 1.62. The van der Waals surface area contributed by atoms with Crippen molar-refractivity contribution in [2.24, 2.45) is 5.92 Å². The summed E-state index contributed by atoms with van der Waals surface area (Å²) in [5.74, 6) is 0.753. The lowest BCUT2D eigenvalue weighted by Gasteiger charge is -2.47. The van der Waals surface area contributed by atoms with Crippen LogP contribution < -0.4 is 0 Å². The molecule has 2 unspecified atom stereocenters. The van der Waals surface area contributed by atoms with Crippen LogP contribution in [0.25, 0.3) is 16.6 Å². The van der Waals surface area contributed by atoms with Crippen molar-refractivity contribution in [1.29, 1.82) is 0 Å². The molecule has 0 radical (unpaired) electrons. The van der Waals surface area contributed by atoms with Crippen molar-refractivity contribution >= 4 is 34.1 Å². The Morgan fingerprint density at radius 3 is 2.70 bits per heavy atom. The molecular weight excluding hydrogens is 482 g/mol. The highest BCUT2D eigenvalue weighted by Crippen LogP contribution is 2.42. The number of hydrogen-bond acceptors (Lipinski definition) is 4. The Morgan fingerprint density at radius 1 is 1.24 bits per heavy atom. The van der Waals surface area contributed by atoms with E-state index >= 15 is 0 Å². The number of nitrogens with one attached hydrogen (secondary N) is 1. The van der Waals surface area contributed by atoms with E-state index in [0.29, 0.717) is 16.9 Å². The van der Waals surface area contributed by atoms with Crippen LogP contribution in [0, 0.1) is 19.8 Å². The summed E-state index contributed by atoms with van der Waals surface area (Å²) in [4.78, 5) is 21.1. The number of halogens is 1. The number of aryl methyl sites for hydroxylation is 2. The van der Waals surface area contributed by atoms with E-state index in [2.05, 4.69) is 80.7 Å². The van der Waals surface area contributed by atoms with Gasteiger partial charge in [0.1, 0.15) is 0 Å². The molecule has 2 atom stereocenters. The summed E-state index contributed by atoms with van der Waals surface area (Å²) in [6.45, 7) is 16.0. The normalized spacial score (nSPS) is 18.8. The van der Waals surface area contributed by atoms with Crippen molar-refractivity contribution in [3.05, 3.63) is 88.5 Å². The molecular formula is C30H34ClN5O. The van der Waals surface area contributed by atoms with Gasteiger partial charge < -0.3 is 9.80 Å². The van der Waals surface area contributed by atoms with Crippen molar-refractivity contribution in [1.82, 2.24) is 25.0 Å². The summed E-state index contributed by atoms with van der Waals surface area (Å²) in [6.07, 6.45) is 12.0. The fourth-order valence-electron chi connectivity index (χ4n) is 5.71. The van der Waals surface area contributed by atoms with Crippen LogP contribution in [0.5, 0.6) is 0 Å². The van der Waals surface area contributed by atoms with Gasteiger partial charge in [0.2, 0.25) is 5.91 Å². The number of aromatic nitrogens is 3. The van der Waals surface area contributed by atoms with Crippen LogP contribution in [0.1, 0.15) is 60.6 Å². The highest BCUT2D eigenvalue weighted by molar-refractivity contribution is 6.35. The second-order valence-electron chi connectivity index (χ2n) is 10.6. The van der Waals surface area contributed by atoms with Crippen molar-refractivity contribution in [3.63, 3.8) is 0 Å². The first-order valence-electron chi connectivity index (χ1n) is 12.9. The molecule has 2 aliphatic rings. The van der Waals surface area contributed by atoms with Crippen molar-refractivity contribution in [2.45, 2.75) is 52.5 Å². The number of carbonyl (C=O) groups is 1. The molecule has 5 rings (SSSR count). The van der Waals surface area contributed by atoms with Crippen LogP contribution in [0.3, 0.4) is 0 Å². The average Bonchev–Trinajstić information content (AvgIpc) is 3.32. The zero-order chi connectivity index (χ0) is 26.4. The highest BCUT2D eigenvalue weighted by atomic mass is 35.5. The number of aromatic amines is 1. The zero-order valence-electron chi connectivity index (χ0n) is 22.1. The monoisotopic (exact) mass is 515 g/mol. The summed E-state index contributed by atoms with van der Waals surface area (Å²) in [5.41, 5.74) is 7.83. The van der Waals surface area contributed by atoms with Gasteiger partial charge >= 0.3 is 0 Å². The van der Waals surface area contributed by atoms with Crippen LogP contribution in [-0.4, -0.2) is 50.0 Å². The molecule has 0 bridgehead atoms. The molecule has 1 saturated heterocycles. The van der Waals surface area contributed by atoms with Gasteiger partial charge in [-0.3, -0.25) is 14.9 Å². The quantitative estimate of drug-likeness (QED) is 0.389. The smallest absolute Gasteiger partial charge is 0.245 e. The molecule has 1 fully saturated rings. The first-order valence-corrected chi connectivity index (χ1v) is 13.3. The number of fused-ring (bicyclic) bond motifs is 1. The van der Waals surface area contributed by atoms with E-state index in [1.165, 1.54) is 17.2 Å². The number of pyridine rings is 1. The second-order valence-corrected chi connectivity index (χ2v) is 11.0. The number of H-pyrrole nitrogens is 1. The number of amides is 1. The minimum absolute atomic E-state index is 0.00427. The molecule has 0 aliphatic carbocycles. The van der Waals surface area contributed by atoms with Gasteiger partial charge in [-0.05, 0) is 67.7 Å². The van der Waals surface area contributed by atoms with E-state index in [4.69, 9.17) is 16.6 Å². The van der Waals surface area contributed by atoms with Gasteiger partial charge in [0.25, 0.3) is 0 Å². The Hall–Kier alpha value is -3.38. The van der Waals surface area contributed by atoms with E-state index in [1.807, 2.05) is 23.4 Å². The standard InChI is InChI=1S/C30H34ClN5O/c1-7-26(37)35-15-22(16-35)20(6)36-11-9-21(27-18(4)8-10-32-29(27)17(2)3)13-25(36)28-19(5)12-24(31)30-23(28)14-33-34-30/h7-14,17,20-22H,1,15-16H2,2-6H3,(H,33,34). The molecule has 192 valence electrons. The van der Waals surface area contributed by atoms with Gasteiger partial charge in [-0.1, -0.05) is 38.1 Å². The number of benzene rings is 1. The number of likely N-dealkylation sites (tertiary alicyclic amines) is 1. The summed E-state index contributed by atoms with van der Waals surface area (Å²) in [7, 11) is 0. The molecule has 1 amide bonds. The number of nitrogens with zero attached hydrogens (tertiary/aromatic N) is 4. The highest BCUT2D eigenvalue weighted by Gasteiger charge is 2.37. The predicted molar refractivity (Wildman–Crippen MR) is 150 cm³/mol. The average molecular weight is 516 g/mol. The first-order chi connectivity index (χ1) is 17.7. The Kier molecular flexibility index (Phi) is 6.71. The molecule has 0 spiro atoms. The topological polar surface area (TPSA) is 65.1 Å². The fraction of sp³-hybridized carbons (Fsp3) is 0.367. The van der Waals surface area contributed by atoms with Gasteiger partial charge in [-0.25, -0.2) is 0 Å². The predicted octanol–water partition coefficient (Wildman–Crippen LogP) is 6.34. The third-order valence-corrected chi connectivity index (χ3v) is 8.15. The van der Waals surface area contributed by atoms with Gasteiger partial charge in [-0.2, -0.15) is 5.10 Å². The lowest BCUT2D eigenvalue weighted by Crippen LogP contribution is -2.56.